The van der Waals surface area contributed by atoms with E-state index in [4.69, 9.17) is 4.74 Å². The number of hydrogen-bond donors (Lipinski definition) is 0. The van der Waals surface area contributed by atoms with Gasteiger partial charge in [0.2, 0.25) is 0 Å². The summed E-state index contributed by atoms with van der Waals surface area (Å²) in [6.45, 7) is 1.82. The molecular formula is C10H9NO3. The SMILES string of the molecule is CN1C(=O)C2=C(C1=O)C1(C)C=CC2O1. The van der Waals surface area contributed by atoms with Gasteiger partial charge in [0, 0.05) is 7.05 Å². The van der Waals surface area contributed by atoms with Crippen molar-refractivity contribution in [3.05, 3.63) is 23.3 Å². The summed E-state index contributed by atoms with van der Waals surface area (Å²) >= 11 is 0. The van der Waals surface area contributed by atoms with Gasteiger partial charge in [-0.25, -0.2) is 0 Å². The van der Waals surface area contributed by atoms with Gasteiger partial charge in [-0.2, -0.15) is 0 Å². The van der Waals surface area contributed by atoms with Crippen LogP contribution >= 0.6 is 0 Å². The Morgan fingerprint density at radius 2 is 2.14 bits per heavy atom. The van der Waals surface area contributed by atoms with Gasteiger partial charge in [-0.3, -0.25) is 14.5 Å². The molecule has 0 aromatic carbocycles. The fourth-order valence-electron chi connectivity index (χ4n) is 2.32. The zero-order valence-electron chi connectivity index (χ0n) is 7.90. The van der Waals surface area contributed by atoms with Gasteiger partial charge in [0.25, 0.3) is 11.8 Å². The first kappa shape index (κ1) is 7.94. The average molecular weight is 191 g/mol. The molecule has 2 amide bonds. The summed E-state index contributed by atoms with van der Waals surface area (Å²) in [4.78, 5) is 24.5. The van der Waals surface area contributed by atoms with Crippen molar-refractivity contribution in [3.8, 4) is 0 Å². The number of likely N-dealkylation sites (N-methyl/N-ethyl adjacent to an activating group) is 1. The summed E-state index contributed by atoms with van der Waals surface area (Å²) in [6.07, 6.45) is 3.38. The van der Waals surface area contributed by atoms with Gasteiger partial charge >= 0.3 is 0 Å². The molecule has 2 atom stereocenters. The van der Waals surface area contributed by atoms with E-state index in [0.29, 0.717) is 11.1 Å². The lowest BCUT2D eigenvalue weighted by Gasteiger charge is -2.20. The Balaban J connectivity index is 2.22. The molecule has 4 heteroatoms. The highest BCUT2D eigenvalue weighted by molar-refractivity contribution is 6.21. The zero-order valence-corrected chi connectivity index (χ0v) is 7.90. The van der Waals surface area contributed by atoms with E-state index in [9.17, 15) is 9.59 Å². The predicted molar refractivity (Wildman–Crippen MR) is 47.2 cm³/mol. The molecule has 2 unspecified atom stereocenters. The Labute approximate surface area is 80.8 Å². The maximum absolute atomic E-state index is 11.7. The number of rotatable bonds is 0. The van der Waals surface area contributed by atoms with E-state index in [1.165, 1.54) is 7.05 Å². The topological polar surface area (TPSA) is 46.6 Å². The van der Waals surface area contributed by atoms with Crippen molar-refractivity contribution in [2.45, 2.75) is 18.6 Å². The van der Waals surface area contributed by atoms with Crippen LogP contribution in [0.3, 0.4) is 0 Å². The lowest BCUT2D eigenvalue weighted by Crippen LogP contribution is -2.35. The smallest absolute Gasteiger partial charge is 0.260 e. The summed E-state index contributed by atoms with van der Waals surface area (Å²) in [6, 6.07) is 0. The van der Waals surface area contributed by atoms with Crippen LogP contribution in [0.25, 0.3) is 0 Å². The first-order chi connectivity index (χ1) is 6.54. The third-order valence-electron chi connectivity index (χ3n) is 3.06. The van der Waals surface area contributed by atoms with Crippen molar-refractivity contribution in [1.82, 2.24) is 4.90 Å². The number of ether oxygens (including phenoxy) is 1. The van der Waals surface area contributed by atoms with Crippen molar-refractivity contribution in [2.75, 3.05) is 7.05 Å². The largest absolute Gasteiger partial charge is 0.354 e. The summed E-state index contributed by atoms with van der Waals surface area (Å²) in [5.74, 6) is -0.442. The number of carbonyl (C=O) groups excluding carboxylic acids is 2. The van der Waals surface area contributed by atoms with E-state index in [1.807, 2.05) is 19.1 Å². The molecule has 0 aliphatic carbocycles. The first-order valence-electron chi connectivity index (χ1n) is 4.49. The van der Waals surface area contributed by atoms with E-state index < -0.39 is 5.60 Å². The first-order valence-corrected chi connectivity index (χ1v) is 4.49. The van der Waals surface area contributed by atoms with Crippen LogP contribution in [0.2, 0.25) is 0 Å². The highest BCUT2D eigenvalue weighted by Crippen LogP contribution is 2.46. The van der Waals surface area contributed by atoms with Crippen molar-refractivity contribution >= 4 is 11.8 Å². The van der Waals surface area contributed by atoms with Crippen LogP contribution in [0.1, 0.15) is 6.92 Å². The van der Waals surface area contributed by atoms with E-state index in [1.54, 1.807) is 0 Å². The molecule has 0 fully saturated rings. The number of nitrogens with zero attached hydrogens (tertiary/aromatic N) is 1. The van der Waals surface area contributed by atoms with Crippen LogP contribution < -0.4 is 0 Å². The molecule has 14 heavy (non-hydrogen) atoms. The minimum atomic E-state index is -0.669. The minimum Gasteiger partial charge on any atom is -0.354 e. The summed E-state index contributed by atoms with van der Waals surface area (Å²) in [5.41, 5.74) is 0.386. The number of carbonyl (C=O) groups is 2. The molecule has 72 valence electrons. The molecule has 2 bridgehead atoms. The Morgan fingerprint density at radius 3 is 2.79 bits per heavy atom. The number of fused-ring (bicyclic) bond motifs is 4. The maximum atomic E-state index is 11.7. The van der Waals surface area contributed by atoms with Gasteiger partial charge < -0.3 is 4.74 Å². The van der Waals surface area contributed by atoms with E-state index in [2.05, 4.69) is 0 Å². The lowest BCUT2D eigenvalue weighted by molar-refractivity contribution is -0.138. The van der Waals surface area contributed by atoms with Crippen LogP contribution in [-0.4, -0.2) is 35.5 Å². The minimum absolute atomic E-state index is 0.219. The van der Waals surface area contributed by atoms with E-state index >= 15 is 0 Å². The Bertz CT molecular complexity index is 435. The molecule has 0 N–H and O–H groups in total. The fraction of sp³-hybridized carbons (Fsp3) is 0.400. The van der Waals surface area contributed by atoms with Gasteiger partial charge in [0.15, 0.2) is 0 Å². The van der Waals surface area contributed by atoms with Gasteiger partial charge in [0.1, 0.15) is 11.7 Å². The fourth-order valence-corrected chi connectivity index (χ4v) is 2.32. The molecule has 0 aromatic rings. The van der Waals surface area contributed by atoms with Crippen LogP contribution in [0.4, 0.5) is 0 Å². The van der Waals surface area contributed by atoms with Crippen molar-refractivity contribution in [2.24, 2.45) is 0 Å². The number of imide groups is 1. The summed E-state index contributed by atoms with van der Waals surface area (Å²) < 4.78 is 5.56. The van der Waals surface area contributed by atoms with Crippen LogP contribution in [0, 0.1) is 0 Å². The van der Waals surface area contributed by atoms with Crippen LogP contribution in [0.15, 0.2) is 23.3 Å². The maximum Gasteiger partial charge on any atom is 0.260 e. The van der Waals surface area contributed by atoms with Crippen molar-refractivity contribution in [1.29, 1.82) is 0 Å². The highest BCUT2D eigenvalue weighted by Gasteiger charge is 2.56. The van der Waals surface area contributed by atoms with Crippen molar-refractivity contribution < 1.29 is 14.3 Å². The molecule has 0 spiro atoms. The molecule has 0 saturated carbocycles. The molecule has 0 aromatic heterocycles. The Morgan fingerprint density at radius 1 is 1.43 bits per heavy atom. The number of hydrogen-bond acceptors (Lipinski definition) is 3. The molecule has 0 saturated heterocycles. The summed E-state index contributed by atoms with van der Waals surface area (Å²) in [5, 5.41) is 0. The summed E-state index contributed by atoms with van der Waals surface area (Å²) in [7, 11) is 1.51. The third kappa shape index (κ3) is 0.620. The monoisotopic (exact) mass is 191 g/mol. The number of amides is 2. The molecule has 3 rings (SSSR count). The van der Waals surface area contributed by atoms with Gasteiger partial charge in [-0.1, -0.05) is 6.08 Å². The molecule has 3 heterocycles. The van der Waals surface area contributed by atoms with Gasteiger partial charge in [-0.05, 0) is 13.0 Å². The quantitative estimate of drug-likeness (QED) is 0.400. The Kier molecular flexibility index (Phi) is 1.12. The highest BCUT2D eigenvalue weighted by atomic mass is 16.5. The van der Waals surface area contributed by atoms with Crippen molar-refractivity contribution in [3.63, 3.8) is 0 Å². The van der Waals surface area contributed by atoms with E-state index in [0.717, 1.165) is 4.90 Å². The second kappa shape index (κ2) is 1.98. The third-order valence-corrected chi connectivity index (χ3v) is 3.06. The molecule has 3 aliphatic heterocycles. The normalized spacial score (nSPS) is 39.0. The van der Waals surface area contributed by atoms with Crippen LogP contribution in [0.5, 0.6) is 0 Å². The van der Waals surface area contributed by atoms with E-state index in [-0.39, 0.29) is 17.9 Å². The standard InChI is InChI=1S/C10H9NO3/c1-10-4-3-5(14-10)6-7(10)9(13)11(2)8(6)12/h3-5H,1-2H3. The molecule has 0 radical (unpaired) electrons. The molecular weight excluding hydrogens is 182 g/mol. The second-order valence-electron chi connectivity index (χ2n) is 3.96. The molecule has 4 nitrogen and oxygen atoms in total. The Hall–Kier alpha value is -1.42. The predicted octanol–water partition coefficient (Wildman–Crippen LogP) is 0.00890. The zero-order chi connectivity index (χ0) is 10.1. The van der Waals surface area contributed by atoms with Gasteiger partial charge in [-0.15, -0.1) is 0 Å². The van der Waals surface area contributed by atoms with Crippen LogP contribution in [-0.2, 0) is 14.3 Å². The average Bonchev–Trinajstić information content (AvgIpc) is 2.72. The molecule has 3 aliphatic rings. The second-order valence-corrected chi connectivity index (χ2v) is 3.96. The van der Waals surface area contributed by atoms with Gasteiger partial charge in [0.05, 0.1) is 11.1 Å². The lowest BCUT2D eigenvalue weighted by atomic mass is 9.90.